The highest BCUT2D eigenvalue weighted by Gasteiger charge is 2.34. The van der Waals surface area contributed by atoms with Crippen LogP contribution in [-0.2, 0) is 11.3 Å². The molecule has 11 nitrogen and oxygen atoms in total. The number of amides is 3. The molecule has 0 radical (unpaired) electrons. The molecule has 2 aliphatic heterocycles. The van der Waals surface area contributed by atoms with E-state index >= 15 is 0 Å². The number of nitrogens with zero attached hydrogens (tertiary/aromatic N) is 5. The number of rotatable bonds is 5. The summed E-state index contributed by atoms with van der Waals surface area (Å²) in [6.07, 6.45) is 3.64. The minimum absolute atomic E-state index is 0.144. The Morgan fingerprint density at radius 1 is 1.08 bits per heavy atom. The molecule has 2 aliphatic rings. The predicted octanol–water partition coefficient (Wildman–Crippen LogP) is 0.958. The van der Waals surface area contributed by atoms with Gasteiger partial charge in [-0.1, -0.05) is 12.1 Å². The summed E-state index contributed by atoms with van der Waals surface area (Å²) in [5, 5.41) is 2.71. The maximum Gasteiger partial charge on any atom is 0.354 e. The molecular formula is C26H38N8O3. The third-order valence-corrected chi connectivity index (χ3v) is 7.02. The highest BCUT2D eigenvalue weighted by molar-refractivity contribution is 5.89. The molecule has 5 N–H and O–H groups in total. The zero-order valence-corrected chi connectivity index (χ0v) is 21.9. The summed E-state index contributed by atoms with van der Waals surface area (Å²) >= 11 is 0. The summed E-state index contributed by atoms with van der Waals surface area (Å²) in [4.78, 5) is 47.8. The SMILES string of the molecule is C[C@@H]1CN(C(=O)C(C)(C)N)CCN1C(=O)Nc1ccn(-c2ccc(CN3CCC(N)CC3)cc2)c(=O)n1. The monoisotopic (exact) mass is 510 g/mol. The summed E-state index contributed by atoms with van der Waals surface area (Å²) in [5.41, 5.74) is 12.4. The number of nitrogens with one attached hydrogen (secondary N) is 1. The van der Waals surface area contributed by atoms with Crippen molar-refractivity contribution in [2.24, 2.45) is 11.5 Å². The number of piperazine rings is 1. The number of benzene rings is 1. The average molecular weight is 511 g/mol. The maximum atomic E-state index is 12.9. The molecule has 3 heterocycles. The van der Waals surface area contributed by atoms with Crippen molar-refractivity contribution in [1.82, 2.24) is 24.3 Å². The number of nitrogens with two attached hydrogens (primary N) is 2. The molecule has 1 aromatic heterocycles. The van der Waals surface area contributed by atoms with E-state index < -0.39 is 11.2 Å². The third-order valence-electron chi connectivity index (χ3n) is 7.02. The second-order valence-electron chi connectivity index (χ2n) is 10.7. The van der Waals surface area contributed by atoms with Crippen LogP contribution in [0.3, 0.4) is 0 Å². The average Bonchev–Trinajstić information content (AvgIpc) is 2.85. The zero-order chi connectivity index (χ0) is 26.7. The Balaban J connectivity index is 1.35. The fourth-order valence-corrected chi connectivity index (χ4v) is 4.83. The van der Waals surface area contributed by atoms with Gasteiger partial charge in [-0.15, -0.1) is 0 Å². The largest absolute Gasteiger partial charge is 0.354 e. The lowest BCUT2D eigenvalue weighted by molar-refractivity contribution is -0.138. The van der Waals surface area contributed by atoms with Crippen LogP contribution in [0, 0.1) is 0 Å². The van der Waals surface area contributed by atoms with E-state index in [1.165, 1.54) is 10.1 Å². The number of likely N-dealkylation sites (tertiary alicyclic amines) is 1. The van der Waals surface area contributed by atoms with Crippen molar-refractivity contribution in [1.29, 1.82) is 0 Å². The molecule has 37 heavy (non-hydrogen) atoms. The summed E-state index contributed by atoms with van der Waals surface area (Å²) < 4.78 is 1.45. The number of carbonyl (C=O) groups excluding carboxylic acids is 2. The first-order valence-corrected chi connectivity index (χ1v) is 12.8. The summed E-state index contributed by atoms with van der Waals surface area (Å²) in [6, 6.07) is 9.17. The van der Waals surface area contributed by atoms with Crippen LogP contribution in [0.15, 0.2) is 41.3 Å². The number of aromatic nitrogens is 2. The molecule has 1 atom stereocenters. The van der Waals surface area contributed by atoms with Crippen LogP contribution in [0.1, 0.15) is 39.2 Å². The summed E-state index contributed by atoms with van der Waals surface area (Å²) in [5.74, 6) is 0.0360. The van der Waals surface area contributed by atoms with E-state index in [2.05, 4.69) is 15.2 Å². The molecular weight excluding hydrogens is 472 g/mol. The Hall–Kier alpha value is -3.28. The lowest BCUT2D eigenvalue weighted by Crippen LogP contribution is -2.61. The van der Waals surface area contributed by atoms with Crippen molar-refractivity contribution >= 4 is 17.8 Å². The normalized spacial score (nSPS) is 19.6. The second kappa shape index (κ2) is 11.0. The lowest BCUT2D eigenvalue weighted by Gasteiger charge is -2.41. The molecule has 3 amide bonds. The summed E-state index contributed by atoms with van der Waals surface area (Å²) in [7, 11) is 0. The maximum absolute atomic E-state index is 12.9. The third kappa shape index (κ3) is 6.54. The van der Waals surface area contributed by atoms with Crippen LogP contribution in [0.25, 0.3) is 5.69 Å². The van der Waals surface area contributed by atoms with E-state index in [4.69, 9.17) is 11.5 Å². The Bertz CT molecular complexity index is 1170. The fraction of sp³-hybridized carbons (Fsp3) is 0.538. The van der Waals surface area contributed by atoms with Gasteiger partial charge >= 0.3 is 11.7 Å². The minimum atomic E-state index is -0.958. The molecule has 0 aliphatic carbocycles. The Kier molecular flexibility index (Phi) is 7.96. The van der Waals surface area contributed by atoms with Gasteiger partial charge < -0.3 is 21.3 Å². The molecule has 2 saturated heterocycles. The smallest absolute Gasteiger partial charge is 0.337 e. The van der Waals surface area contributed by atoms with Crippen LogP contribution in [0.2, 0.25) is 0 Å². The van der Waals surface area contributed by atoms with Gasteiger partial charge in [-0.05, 0) is 70.5 Å². The van der Waals surface area contributed by atoms with Crippen molar-refractivity contribution in [3.05, 3.63) is 52.6 Å². The van der Waals surface area contributed by atoms with Gasteiger partial charge in [0.25, 0.3) is 0 Å². The molecule has 200 valence electrons. The van der Waals surface area contributed by atoms with Gasteiger partial charge in [0.1, 0.15) is 5.82 Å². The van der Waals surface area contributed by atoms with Crippen molar-refractivity contribution in [2.45, 2.75) is 57.8 Å². The number of carbonyl (C=O) groups is 2. The standard InChI is InChI=1S/C26H38N8O3/c1-18-16-32(23(35)26(2,3)28)14-15-33(18)24(36)29-22-10-13-34(25(37)30-22)21-6-4-19(5-7-21)17-31-11-8-20(27)9-12-31/h4-7,10,13,18,20H,8-9,11-12,14-17,27-28H2,1-3H3,(H,29,30,36,37)/t18-/m1/s1. The summed E-state index contributed by atoms with van der Waals surface area (Å²) in [6.45, 7) is 9.23. The van der Waals surface area contributed by atoms with Gasteiger partial charge in [0.05, 0.1) is 11.2 Å². The molecule has 4 rings (SSSR count). The van der Waals surface area contributed by atoms with Crippen LogP contribution >= 0.6 is 0 Å². The van der Waals surface area contributed by atoms with Gasteiger partial charge in [-0.3, -0.25) is 19.6 Å². The molecule has 1 aromatic carbocycles. The number of urea groups is 1. The van der Waals surface area contributed by atoms with Crippen LogP contribution in [0.4, 0.5) is 10.6 Å². The van der Waals surface area contributed by atoms with Gasteiger partial charge in [-0.25, -0.2) is 9.59 Å². The van der Waals surface area contributed by atoms with E-state index in [1.807, 2.05) is 31.2 Å². The Labute approximate surface area is 217 Å². The number of anilines is 1. The first-order chi connectivity index (χ1) is 17.5. The van der Waals surface area contributed by atoms with Crippen molar-refractivity contribution < 1.29 is 9.59 Å². The first kappa shape index (κ1) is 26.8. The molecule has 0 unspecified atom stereocenters. The van der Waals surface area contributed by atoms with E-state index in [9.17, 15) is 14.4 Å². The van der Waals surface area contributed by atoms with E-state index in [0.717, 1.165) is 32.5 Å². The number of hydrogen-bond acceptors (Lipinski definition) is 7. The predicted molar refractivity (Wildman–Crippen MR) is 142 cm³/mol. The van der Waals surface area contributed by atoms with Crippen LogP contribution < -0.4 is 22.5 Å². The van der Waals surface area contributed by atoms with Crippen LogP contribution in [0.5, 0.6) is 0 Å². The molecule has 2 aromatic rings. The van der Waals surface area contributed by atoms with Crippen molar-refractivity contribution in [3.8, 4) is 5.69 Å². The van der Waals surface area contributed by atoms with Gasteiger partial charge in [0.15, 0.2) is 0 Å². The van der Waals surface area contributed by atoms with Crippen LogP contribution in [-0.4, -0.2) is 86.5 Å². The topological polar surface area (TPSA) is 143 Å². The first-order valence-electron chi connectivity index (χ1n) is 12.8. The van der Waals surface area contributed by atoms with E-state index in [1.54, 1.807) is 35.9 Å². The van der Waals surface area contributed by atoms with Crippen molar-refractivity contribution in [3.63, 3.8) is 0 Å². The Morgan fingerprint density at radius 2 is 1.76 bits per heavy atom. The highest BCUT2D eigenvalue weighted by atomic mass is 16.2. The van der Waals surface area contributed by atoms with Gasteiger partial charge in [0, 0.05) is 44.5 Å². The van der Waals surface area contributed by atoms with E-state index in [-0.39, 0.29) is 23.8 Å². The molecule has 0 spiro atoms. The molecule has 0 bridgehead atoms. The molecule has 0 saturated carbocycles. The second-order valence-corrected chi connectivity index (χ2v) is 10.7. The van der Waals surface area contributed by atoms with Crippen molar-refractivity contribution in [2.75, 3.05) is 38.0 Å². The fourth-order valence-electron chi connectivity index (χ4n) is 4.83. The van der Waals surface area contributed by atoms with Gasteiger partial charge in [-0.2, -0.15) is 4.98 Å². The van der Waals surface area contributed by atoms with Gasteiger partial charge in [0.2, 0.25) is 5.91 Å². The number of piperidine rings is 1. The highest BCUT2D eigenvalue weighted by Crippen LogP contribution is 2.17. The Morgan fingerprint density at radius 3 is 2.35 bits per heavy atom. The quantitative estimate of drug-likeness (QED) is 0.544. The minimum Gasteiger partial charge on any atom is -0.337 e. The molecule has 2 fully saturated rings. The molecule has 11 heteroatoms. The zero-order valence-electron chi connectivity index (χ0n) is 21.9. The van der Waals surface area contributed by atoms with E-state index in [0.29, 0.717) is 31.4 Å². The lowest BCUT2D eigenvalue weighted by atomic mass is 10.0. The number of hydrogen-bond donors (Lipinski definition) is 3.